The lowest BCUT2D eigenvalue weighted by molar-refractivity contribution is -0.140. The van der Waals surface area contributed by atoms with Gasteiger partial charge in [0.15, 0.2) is 0 Å². The lowest BCUT2D eigenvalue weighted by Crippen LogP contribution is -2.51. The van der Waals surface area contributed by atoms with Crippen molar-refractivity contribution in [3.05, 3.63) is 128 Å². The van der Waals surface area contributed by atoms with E-state index in [-0.39, 0.29) is 6.42 Å². The Kier molecular flexibility index (Phi) is 8.19. The number of H-pyrrole nitrogens is 1. The molecule has 0 aliphatic carbocycles. The van der Waals surface area contributed by atoms with E-state index >= 15 is 0 Å². The maximum absolute atomic E-state index is 13.5. The number of halogens is 3. The molecule has 0 bridgehead atoms. The van der Waals surface area contributed by atoms with E-state index < -0.39 is 52.9 Å². The van der Waals surface area contributed by atoms with Crippen molar-refractivity contribution in [3.63, 3.8) is 0 Å². The normalized spacial score (nSPS) is 19.7. The molecule has 12 heteroatoms. The summed E-state index contributed by atoms with van der Waals surface area (Å²) in [4.78, 5) is 26.1. The topological polar surface area (TPSA) is 123 Å². The zero-order chi connectivity index (χ0) is 30.9. The van der Waals surface area contributed by atoms with Gasteiger partial charge in [-0.25, -0.2) is 4.79 Å². The van der Waals surface area contributed by atoms with E-state index in [9.17, 15) is 33.0 Å². The zero-order valence-electron chi connectivity index (χ0n) is 23.1. The average molecular weight is 599 g/mol. The third-order valence-corrected chi connectivity index (χ3v) is 7.77. The number of ether oxygens (including phenoxy) is 3. The molecule has 3 aromatic carbocycles. The van der Waals surface area contributed by atoms with Crippen LogP contribution in [0.1, 0.15) is 34.9 Å². The fourth-order valence-electron chi connectivity index (χ4n) is 5.87. The third kappa shape index (κ3) is 5.22. The minimum absolute atomic E-state index is 0.353. The van der Waals surface area contributed by atoms with Crippen LogP contribution in [0.4, 0.5) is 13.2 Å². The summed E-state index contributed by atoms with van der Waals surface area (Å²) in [6, 6.07) is 22.8. The Morgan fingerprint density at radius 3 is 1.95 bits per heavy atom. The van der Waals surface area contributed by atoms with E-state index in [4.69, 9.17) is 14.2 Å². The summed E-state index contributed by atoms with van der Waals surface area (Å²) in [6.07, 6.45) is -11.0. The SMILES string of the molecule is COc1ccccc1C(c1ccccc1)(c1ccccc1OC)C(O)[C@H]1O[C@@H](n2cc(C(F)(F)F)c(=O)[nH]c2=O)C[C@@H]1O. The van der Waals surface area contributed by atoms with Crippen molar-refractivity contribution in [1.29, 1.82) is 0 Å². The molecule has 1 fully saturated rings. The van der Waals surface area contributed by atoms with Gasteiger partial charge in [-0.3, -0.25) is 14.3 Å². The van der Waals surface area contributed by atoms with Crippen molar-refractivity contribution in [2.75, 3.05) is 14.2 Å². The van der Waals surface area contributed by atoms with Crippen LogP contribution in [0.5, 0.6) is 11.5 Å². The predicted molar refractivity (Wildman–Crippen MR) is 149 cm³/mol. The highest BCUT2D eigenvalue weighted by atomic mass is 19.4. The predicted octanol–water partition coefficient (Wildman–Crippen LogP) is 3.62. The van der Waals surface area contributed by atoms with Gasteiger partial charge in [0.25, 0.3) is 5.56 Å². The summed E-state index contributed by atoms with van der Waals surface area (Å²) >= 11 is 0. The van der Waals surface area contributed by atoms with Gasteiger partial charge in [0.05, 0.1) is 25.7 Å². The maximum atomic E-state index is 13.5. The Balaban J connectivity index is 1.73. The van der Waals surface area contributed by atoms with Crippen molar-refractivity contribution >= 4 is 0 Å². The van der Waals surface area contributed by atoms with Crippen molar-refractivity contribution in [2.45, 2.75) is 42.6 Å². The number of aromatic nitrogens is 2. The number of para-hydroxylation sites is 2. The van der Waals surface area contributed by atoms with Crippen LogP contribution in [-0.2, 0) is 16.3 Å². The van der Waals surface area contributed by atoms with Crippen LogP contribution in [0.15, 0.2) is 94.6 Å². The summed E-state index contributed by atoms with van der Waals surface area (Å²) in [7, 11) is 2.95. The number of alkyl halides is 3. The Bertz CT molecular complexity index is 1660. The van der Waals surface area contributed by atoms with E-state index in [2.05, 4.69) is 0 Å². The summed E-state index contributed by atoms with van der Waals surface area (Å²) in [6.45, 7) is 0. The lowest BCUT2D eigenvalue weighted by atomic mass is 9.63. The highest BCUT2D eigenvalue weighted by Crippen LogP contribution is 2.51. The molecule has 1 aromatic heterocycles. The standard InChI is InChI=1S/C31H29F3N2O7/c1-41-23-14-8-6-12-19(23)30(18-10-4-3-5-11-18,20-13-7-9-15-24(20)42-2)27(38)26-22(37)16-25(43-26)36-17-21(31(32,33)34)28(39)35-29(36)40/h3-15,17,22,25-27,37-38H,16H2,1-2H3,(H,35,39,40)/t22-,25+,26-,27?/m0/s1. The molecule has 1 aliphatic rings. The van der Waals surface area contributed by atoms with Crippen molar-refractivity contribution in [1.82, 2.24) is 9.55 Å². The van der Waals surface area contributed by atoms with Gasteiger partial charge in [0.1, 0.15) is 35.5 Å². The van der Waals surface area contributed by atoms with Crippen LogP contribution in [0.25, 0.3) is 0 Å². The molecule has 0 spiro atoms. The van der Waals surface area contributed by atoms with Gasteiger partial charge in [-0.1, -0.05) is 66.7 Å². The molecule has 1 aliphatic heterocycles. The van der Waals surface area contributed by atoms with Gasteiger partial charge in [-0.2, -0.15) is 13.2 Å². The molecule has 9 nitrogen and oxygen atoms in total. The molecule has 0 amide bonds. The minimum Gasteiger partial charge on any atom is -0.496 e. The van der Waals surface area contributed by atoms with Gasteiger partial charge >= 0.3 is 11.9 Å². The van der Waals surface area contributed by atoms with Gasteiger partial charge in [-0.05, 0) is 17.7 Å². The quantitative estimate of drug-likeness (QED) is 0.265. The molecule has 4 atom stereocenters. The smallest absolute Gasteiger partial charge is 0.423 e. The Morgan fingerprint density at radius 1 is 0.884 bits per heavy atom. The summed E-state index contributed by atoms with van der Waals surface area (Å²) in [5, 5.41) is 23.7. The number of nitrogens with one attached hydrogen (secondary N) is 1. The second-order valence-corrected chi connectivity index (χ2v) is 10.1. The average Bonchev–Trinajstić information content (AvgIpc) is 3.38. The van der Waals surface area contributed by atoms with Gasteiger partial charge < -0.3 is 24.4 Å². The first kappa shape index (κ1) is 30.1. The number of aliphatic hydroxyl groups excluding tert-OH is 2. The number of aromatic amines is 1. The number of hydrogen-bond acceptors (Lipinski definition) is 7. The molecule has 4 aromatic rings. The van der Waals surface area contributed by atoms with E-state index in [0.29, 0.717) is 39.0 Å². The molecule has 0 radical (unpaired) electrons. The second-order valence-electron chi connectivity index (χ2n) is 10.1. The number of aliphatic hydroxyl groups is 2. The zero-order valence-corrected chi connectivity index (χ0v) is 23.1. The molecule has 226 valence electrons. The van der Waals surface area contributed by atoms with Crippen molar-refractivity contribution in [3.8, 4) is 11.5 Å². The first-order valence-electron chi connectivity index (χ1n) is 13.3. The Labute approximate surface area is 243 Å². The molecular formula is C31H29F3N2O7. The molecular weight excluding hydrogens is 569 g/mol. The number of hydrogen-bond donors (Lipinski definition) is 3. The molecule has 2 heterocycles. The monoisotopic (exact) mass is 598 g/mol. The van der Waals surface area contributed by atoms with Crippen molar-refractivity contribution < 1.29 is 37.6 Å². The van der Waals surface area contributed by atoms with Gasteiger partial charge in [0, 0.05) is 23.7 Å². The van der Waals surface area contributed by atoms with Crippen LogP contribution in [-0.4, -0.2) is 52.3 Å². The summed E-state index contributed by atoms with van der Waals surface area (Å²) in [5.41, 5.74) is -4.35. The second kappa shape index (κ2) is 11.7. The van der Waals surface area contributed by atoms with Crippen LogP contribution in [0.2, 0.25) is 0 Å². The van der Waals surface area contributed by atoms with Crippen LogP contribution >= 0.6 is 0 Å². The number of methoxy groups -OCH3 is 2. The summed E-state index contributed by atoms with van der Waals surface area (Å²) in [5.74, 6) is 0.791. The van der Waals surface area contributed by atoms with Gasteiger partial charge in [-0.15, -0.1) is 0 Å². The highest BCUT2D eigenvalue weighted by molar-refractivity contribution is 5.60. The Hall–Kier alpha value is -4.39. The molecule has 5 rings (SSSR count). The van der Waals surface area contributed by atoms with Gasteiger partial charge in [0.2, 0.25) is 0 Å². The lowest BCUT2D eigenvalue weighted by Gasteiger charge is -2.43. The Morgan fingerprint density at radius 2 is 1.42 bits per heavy atom. The van der Waals surface area contributed by atoms with Crippen LogP contribution < -0.4 is 20.7 Å². The van der Waals surface area contributed by atoms with Crippen LogP contribution in [0.3, 0.4) is 0 Å². The molecule has 1 saturated heterocycles. The largest absolute Gasteiger partial charge is 0.496 e. The first-order valence-corrected chi connectivity index (χ1v) is 13.3. The number of nitrogens with zero attached hydrogens (tertiary/aromatic N) is 1. The molecule has 1 unspecified atom stereocenters. The van der Waals surface area contributed by atoms with E-state index in [1.165, 1.54) is 14.2 Å². The minimum atomic E-state index is -5.05. The fraction of sp³-hybridized carbons (Fsp3) is 0.290. The molecule has 0 saturated carbocycles. The first-order chi connectivity index (χ1) is 20.5. The molecule has 3 N–H and O–H groups in total. The fourth-order valence-corrected chi connectivity index (χ4v) is 5.87. The van der Waals surface area contributed by atoms with E-state index in [0.717, 1.165) is 0 Å². The summed E-state index contributed by atoms with van der Waals surface area (Å²) < 4.78 is 58.5. The van der Waals surface area contributed by atoms with E-state index in [1.807, 2.05) is 0 Å². The molecule has 43 heavy (non-hydrogen) atoms. The number of benzene rings is 3. The van der Waals surface area contributed by atoms with E-state index in [1.54, 1.807) is 83.8 Å². The van der Waals surface area contributed by atoms with Crippen LogP contribution in [0, 0.1) is 0 Å². The third-order valence-electron chi connectivity index (χ3n) is 7.77. The number of rotatable bonds is 8. The van der Waals surface area contributed by atoms with Crippen molar-refractivity contribution in [2.24, 2.45) is 0 Å². The highest BCUT2D eigenvalue weighted by Gasteiger charge is 2.54. The maximum Gasteiger partial charge on any atom is 0.423 e.